The van der Waals surface area contributed by atoms with Gasteiger partial charge in [0, 0.05) is 6.42 Å². The quantitative estimate of drug-likeness (QED) is 0.132. The van der Waals surface area contributed by atoms with Crippen LogP contribution in [-0.2, 0) is 4.79 Å². The standard InChI is InChI=1S/C27H51NO3/c1-3-5-7-8-9-10-11-12-13-14-15-16-17-18-19-20-21-22-26(30)25(24-29)28-27(31)23-6-4-2/h17-18,21-22,25-26,29-30H,3-16,19-20,23-24H2,1-2H3,(H,28,31)/b18-17+,22-21+. The van der Waals surface area contributed by atoms with E-state index in [0.717, 1.165) is 32.1 Å². The van der Waals surface area contributed by atoms with Gasteiger partial charge in [-0.15, -0.1) is 0 Å². The number of nitrogens with one attached hydrogen (secondary N) is 1. The zero-order chi connectivity index (χ0) is 23.0. The molecular formula is C27H51NO3. The minimum absolute atomic E-state index is 0.112. The summed E-state index contributed by atoms with van der Waals surface area (Å²) in [5, 5.41) is 22.2. The number of aliphatic hydroxyl groups is 2. The Morgan fingerprint density at radius 3 is 1.84 bits per heavy atom. The zero-order valence-electron chi connectivity index (χ0n) is 20.5. The second-order valence-electron chi connectivity index (χ2n) is 8.75. The second kappa shape index (κ2) is 23.5. The molecule has 0 saturated carbocycles. The number of aliphatic hydroxyl groups excluding tert-OH is 2. The largest absolute Gasteiger partial charge is 0.394 e. The van der Waals surface area contributed by atoms with Crippen molar-refractivity contribution in [1.29, 1.82) is 0 Å². The van der Waals surface area contributed by atoms with Crippen LogP contribution in [0.4, 0.5) is 0 Å². The molecule has 0 aliphatic heterocycles. The molecule has 0 aliphatic carbocycles. The van der Waals surface area contributed by atoms with Crippen LogP contribution in [0.3, 0.4) is 0 Å². The Bertz CT molecular complexity index is 448. The first-order valence-electron chi connectivity index (χ1n) is 13.1. The number of hydrogen-bond donors (Lipinski definition) is 3. The Labute approximate surface area is 192 Å². The SMILES string of the molecule is CCCCCCCCCCCCC/C=C/CC/C=C/C(O)C(CO)NC(=O)CCCC. The predicted octanol–water partition coefficient (Wildman–Crippen LogP) is 6.61. The normalized spacial score (nSPS) is 13.8. The van der Waals surface area contributed by atoms with E-state index in [0.29, 0.717) is 6.42 Å². The molecule has 0 aliphatic rings. The molecule has 4 nitrogen and oxygen atoms in total. The topological polar surface area (TPSA) is 69.6 Å². The second-order valence-corrected chi connectivity index (χ2v) is 8.75. The monoisotopic (exact) mass is 437 g/mol. The van der Waals surface area contributed by atoms with E-state index in [-0.39, 0.29) is 12.5 Å². The van der Waals surface area contributed by atoms with Crippen LogP contribution in [-0.4, -0.2) is 34.9 Å². The lowest BCUT2D eigenvalue weighted by Gasteiger charge is -2.19. The summed E-state index contributed by atoms with van der Waals surface area (Å²) in [6.07, 6.45) is 27.6. The summed E-state index contributed by atoms with van der Waals surface area (Å²) < 4.78 is 0. The van der Waals surface area contributed by atoms with Gasteiger partial charge in [-0.1, -0.05) is 109 Å². The molecule has 31 heavy (non-hydrogen) atoms. The van der Waals surface area contributed by atoms with Crippen LogP contribution in [0.25, 0.3) is 0 Å². The van der Waals surface area contributed by atoms with E-state index in [1.807, 2.05) is 13.0 Å². The van der Waals surface area contributed by atoms with Crippen LogP contribution in [0, 0.1) is 0 Å². The van der Waals surface area contributed by atoms with Gasteiger partial charge in [0.05, 0.1) is 18.8 Å². The molecule has 0 bridgehead atoms. The lowest BCUT2D eigenvalue weighted by atomic mass is 10.1. The van der Waals surface area contributed by atoms with Gasteiger partial charge in [0.1, 0.15) is 0 Å². The number of amides is 1. The number of allylic oxidation sites excluding steroid dienone is 3. The fraction of sp³-hybridized carbons (Fsp3) is 0.815. The van der Waals surface area contributed by atoms with Gasteiger partial charge < -0.3 is 15.5 Å². The average Bonchev–Trinajstić information content (AvgIpc) is 2.77. The van der Waals surface area contributed by atoms with Crippen molar-refractivity contribution in [1.82, 2.24) is 5.32 Å². The maximum atomic E-state index is 11.7. The van der Waals surface area contributed by atoms with Crippen molar-refractivity contribution in [3.05, 3.63) is 24.3 Å². The molecule has 0 heterocycles. The van der Waals surface area contributed by atoms with Crippen molar-refractivity contribution in [3.63, 3.8) is 0 Å². The first-order valence-corrected chi connectivity index (χ1v) is 13.1. The summed E-state index contributed by atoms with van der Waals surface area (Å²) in [5.74, 6) is -0.112. The van der Waals surface area contributed by atoms with Gasteiger partial charge in [0.2, 0.25) is 5.91 Å². The van der Waals surface area contributed by atoms with Crippen molar-refractivity contribution in [2.24, 2.45) is 0 Å². The highest BCUT2D eigenvalue weighted by Crippen LogP contribution is 2.12. The van der Waals surface area contributed by atoms with Crippen LogP contribution in [0.1, 0.15) is 123 Å². The molecule has 0 radical (unpaired) electrons. The maximum absolute atomic E-state index is 11.7. The minimum Gasteiger partial charge on any atom is -0.394 e. The fourth-order valence-electron chi connectivity index (χ4n) is 3.58. The molecule has 2 atom stereocenters. The van der Waals surface area contributed by atoms with Gasteiger partial charge in [0.25, 0.3) is 0 Å². The molecule has 0 spiro atoms. The molecule has 0 aromatic rings. The summed E-state index contributed by atoms with van der Waals surface area (Å²) in [6.45, 7) is 4.04. The van der Waals surface area contributed by atoms with Crippen LogP contribution >= 0.6 is 0 Å². The lowest BCUT2D eigenvalue weighted by Crippen LogP contribution is -2.45. The van der Waals surface area contributed by atoms with Gasteiger partial charge in [-0.3, -0.25) is 4.79 Å². The average molecular weight is 438 g/mol. The van der Waals surface area contributed by atoms with Gasteiger partial charge in [-0.25, -0.2) is 0 Å². The lowest BCUT2D eigenvalue weighted by molar-refractivity contribution is -0.122. The van der Waals surface area contributed by atoms with E-state index < -0.39 is 12.1 Å². The third-order valence-corrected chi connectivity index (χ3v) is 5.69. The highest BCUT2D eigenvalue weighted by molar-refractivity contribution is 5.76. The zero-order valence-corrected chi connectivity index (χ0v) is 20.5. The van der Waals surface area contributed by atoms with Crippen molar-refractivity contribution < 1.29 is 15.0 Å². The molecule has 1 amide bonds. The van der Waals surface area contributed by atoms with E-state index in [1.165, 1.54) is 70.6 Å². The number of carbonyl (C=O) groups excluding carboxylic acids is 1. The summed E-state index contributed by atoms with van der Waals surface area (Å²) in [5.41, 5.74) is 0. The molecule has 0 rings (SSSR count). The number of hydrogen-bond acceptors (Lipinski definition) is 3. The van der Waals surface area contributed by atoms with Crippen molar-refractivity contribution in [2.75, 3.05) is 6.61 Å². The smallest absolute Gasteiger partial charge is 0.220 e. The molecular weight excluding hydrogens is 386 g/mol. The Morgan fingerprint density at radius 1 is 0.742 bits per heavy atom. The molecule has 2 unspecified atom stereocenters. The third kappa shape index (κ3) is 20.5. The molecule has 0 fully saturated rings. The van der Waals surface area contributed by atoms with Crippen LogP contribution < -0.4 is 5.32 Å². The van der Waals surface area contributed by atoms with Crippen LogP contribution in [0.5, 0.6) is 0 Å². The fourth-order valence-corrected chi connectivity index (χ4v) is 3.58. The summed E-state index contributed by atoms with van der Waals surface area (Å²) in [7, 11) is 0. The van der Waals surface area contributed by atoms with Crippen LogP contribution in [0.2, 0.25) is 0 Å². The van der Waals surface area contributed by atoms with E-state index in [4.69, 9.17) is 0 Å². The van der Waals surface area contributed by atoms with Gasteiger partial charge >= 0.3 is 0 Å². The van der Waals surface area contributed by atoms with Crippen molar-refractivity contribution in [3.8, 4) is 0 Å². The van der Waals surface area contributed by atoms with Crippen molar-refractivity contribution >= 4 is 5.91 Å². The van der Waals surface area contributed by atoms with Crippen LogP contribution in [0.15, 0.2) is 24.3 Å². The number of rotatable bonds is 22. The first kappa shape index (κ1) is 29.9. The Hall–Kier alpha value is -1.13. The minimum atomic E-state index is -0.851. The van der Waals surface area contributed by atoms with Gasteiger partial charge in [-0.05, 0) is 32.1 Å². The Kier molecular flexibility index (Phi) is 22.7. The molecule has 0 saturated heterocycles. The Balaban J connectivity index is 3.61. The summed E-state index contributed by atoms with van der Waals surface area (Å²) in [6, 6.07) is -0.628. The number of carbonyl (C=O) groups is 1. The van der Waals surface area contributed by atoms with E-state index in [1.54, 1.807) is 6.08 Å². The van der Waals surface area contributed by atoms with Gasteiger partial charge in [0.15, 0.2) is 0 Å². The Morgan fingerprint density at radius 2 is 1.26 bits per heavy atom. The number of unbranched alkanes of at least 4 members (excludes halogenated alkanes) is 13. The molecule has 182 valence electrons. The molecule has 0 aromatic heterocycles. The summed E-state index contributed by atoms with van der Waals surface area (Å²) >= 11 is 0. The summed E-state index contributed by atoms with van der Waals surface area (Å²) in [4.78, 5) is 11.7. The van der Waals surface area contributed by atoms with E-state index in [2.05, 4.69) is 24.4 Å². The highest BCUT2D eigenvalue weighted by Gasteiger charge is 2.17. The van der Waals surface area contributed by atoms with Crippen molar-refractivity contribution in [2.45, 2.75) is 135 Å². The molecule has 0 aromatic carbocycles. The molecule has 3 N–H and O–H groups in total. The first-order chi connectivity index (χ1) is 15.2. The highest BCUT2D eigenvalue weighted by atomic mass is 16.3. The van der Waals surface area contributed by atoms with Gasteiger partial charge in [-0.2, -0.15) is 0 Å². The third-order valence-electron chi connectivity index (χ3n) is 5.69. The molecule has 4 heteroatoms. The van der Waals surface area contributed by atoms with E-state index in [9.17, 15) is 15.0 Å². The maximum Gasteiger partial charge on any atom is 0.220 e. The predicted molar refractivity (Wildman–Crippen MR) is 133 cm³/mol. The van der Waals surface area contributed by atoms with E-state index >= 15 is 0 Å².